The molecule has 0 aliphatic carbocycles. The Hall–Kier alpha value is -0.730. The number of unbranched alkanes of at least 4 members (excludes halogenated alkanes) is 42. The summed E-state index contributed by atoms with van der Waals surface area (Å²) in [4.78, 5) is 10.3. The lowest BCUT2D eigenvalue weighted by Gasteiger charge is -2.03. The number of aliphatic hydroxyl groups is 5. The highest BCUT2D eigenvalue weighted by Crippen LogP contribution is 2.16. The molecule has 0 amide bonds. The van der Waals surface area contributed by atoms with Crippen LogP contribution in [0.5, 0.6) is 0 Å². The van der Waals surface area contributed by atoms with Crippen LogP contribution in [0.1, 0.15) is 316 Å². The van der Waals surface area contributed by atoms with Crippen molar-refractivity contribution >= 4 is 5.97 Å². The molecule has 0 aliphatic rings. The van der Waals surface area contributed by atoms with E-state index in [0.29, 0.717) is 19.6 Å². The van der Waals surface area contributed by atoms with Gasteiger partial charge in [0.25, 0.3) is 0 Å². The second kappa shape index (κ2) is 69.3. The lowest BCUT2D eigenvalue weighted by molar-refractivity contribution is -0.137. The Morgan fingerprint density at radius 1 is 0.290 bits per heavy atom. The van der Waals surface area contributed by atoms with Crippen molar-refractivity contribution in [2.75, 3.05) is 26.4 Å². The monoisotopic (exact) mass is 889 g/mol. The van der Waals surface area contributed by atoms with Crippen molar-refractivity contribution in [3.05, 3.63) is 0 Å². The summed E-state index contributed by atoms with van der Waals surface area (Å²) in [6.07, 6.45) is 60.6. The summed E-state index contributed by atoms with van der Waals surface area (Å²) >= 11 is 0. The number of carbonyl (C=O) groups is 1. The van der Waals surface area contributed by atoms with Gasteiger partial charge < -0.3 is 30.6 Å². The zero-order valence-electron chi connectivity index (χ0n) is 42.5. The molecule has 62 heavy (non-hydrogen) atoms. The summed E-state index contributed by atoms with van der Waals surface area (Å²) < 4.78 is 0. The van der Waals surface area contributed by atoms with Gasteiger partial charge in [0, 0.05) is 19.6 Å². The van der Waals surface area contributed by atoms with E-state index < -0.39 is 12.1 Å². The molecule has 0 aromatic carbocycles. The molecule has 0 radical (unpaired) electrons. The Bertz CT molecular complexity index is 688. The Balaban J connectivity index is -0.000000382. The SMILES string of the molecule is CCCCCCCCCCCCCCCCCC(=O)O.CCCCCCCCCCCCCCCCCCO.CCCCCCCCCCCCCCCCO.OCC(O)CO. The summed E-state index contributed by atoms with van der Waals surface area (Å²) in [5.74, 6) is -0.653. The lowest BCUT2D eigenvalue weighted by atomic mass is 10.0. The van der Waals surface area contributed by atoms with Gasteiger partial charge in [-0.15, -0.1) is 0 Å². The topological polar surface area (TPSA) is 138 Å². The summed E-state index contributed by atoms with van der Waals surface area (Å²) in [5, 5.41) is 49.8. The Labute approximate surface area is 388 Å². The quantitative estimate of drug-likeness (QED) is 0.0335. The van der Waals surface area contributed by atoms with Gasteiger partial charge in [-0.05, 0) is 19.3 Å². The van der Waals surface area contributed by atoms with E-state index in [1.165, 1.54) is 263 Å². The van der Waals surface area contributed by atoms with Crippen molar-refractivity contribution in [2.45, 2.75) is 322 Å². The number of aliphatic carboxylic acids is 1. The van der Waals surface area contributed by atoms with E-state index in [0.717, 1.165) is 25.7 Å². The lowest BCUT2D eigenvalue weighted by Crippen LogP contribution is -2.15. The molecule has 7 nitrogen and oxygen atoms in total. The molecule has 0 bridgehead atoms. The molecule has 0 saturated heterocycles. The van der Waals surface area contributed by atoms with E-state index in [9.17, 15) is 4.79 Å². The van der Waals surface area contributed by atoms with Crippen LogP contribution in [0, 0.1) is 0 Å². The number of carboxylic acid groups (broad SMARTS) is 1. The van der Waals surface area contributed by atoms with Crippen LogP contribution < -0.4 is 0 Å². The standard InChI is InChI=1S/C18H36O2.C18H38O.C16H34O.C3H8O3/c1-2-3-4-5-6-7-8-9-10-11-12-13-14-15-16-17-18(19)20;1-2-3-4-5-6-7-8-9-10-11-12-13-14-15-16-17-18-19;1-2-3-4-5-6-7-8-9-10-11-12-13-14-15-16-17;4-1-3(6)2-5/h2-17H2,1H3,(H,19,20);19H,2-18H2,1H3;17H,2-16H2,1H3;3-6H,1-2H2. The molecular weight excluding hydrogens is 773 g/mol. The zero-order chi connectivity index (χ0) is 46.5. The normalized spacial score (nSPS) is 10.9. The molecule has 7 heteroatoms. The average Bonchev–Trinajstić information content (AvgIpc) is 3.28. The van der Waals surface area contributed by atoms with Crippen LogP contribution in [0.3, 0.4) is 0 Å². The number of aliphatic hydroxyl groups excluding tert-OH is 5. The van der Waals surface area contributed by atoms with Crippen molar-refractivity contribution < 1.29 is 35.4 Å². The van der Waals surface area contributed by atoms with E-state index >= 15 is 0 Å². The van der Waals surface area contributed by atoms with Gasteiger partial charge in [0.2, 0.25) is 0 Å². The Kier molecular flexibility index (Phi) is 75.9. The second-order valence-electron chi connectivity index (χ2n) is 18.5. The first-order valence-electron chi connectivity index (χ1n) is 27.7. The van der Waals surface area contributed by atoms with Crippen molar-refractivity contribution in [1.29, 1.82) is 0 Å². The van der Waals surface area contributed by atoms with E-state index in [1.807, 2.05) is 0 Å². The summed E-state index contributed by atoms with van der Waals surface area (Å²) in [7, 11) is 0. The molecule has 0 saturated carbocycles. The molecule has 0 heterocycles. The third-order valence-corrected chi connectivity index (χ3v) is 11.9. The fourth-order valence-electron chi connectivity index (χ4n) is 7.67. The van der Waals surface area contributed by atoms with E-state index in [-0.39, 0.29) is 13.2 Å². The first kappa shape index (κ1) is 67.9. The maximum absolute atomic E-state index is 10.3. The van der Waals surface area contributed by atoms with E-state index in [4.69, 9.17) is 30.6 Å². The van der Waals surface area contributed by atoms with Crippen molar-refractivity contribution in [3.63, 3.8) is 0 Å². The molecule has 0 atom stereocenters. The predicted molar refractivity (Wildman–Crippen MR) is 271 cm³/mol. The highest BCUT2D eigenvalue weighted by Gasteiger charge is 1.99. The predicted octanol–water partition coefficient (Wildman–Crippen LogP) is 16.4. The average molecular weight is 890 g/mol. The van der Waals surface area contributed by atoms with Crippen LogP contribution in [-0.4, -0.2) is 69.1 Å². The molecule has 378 valence electrons. The summed E-state index contributed by atoms with van der Waals surface area (Å²) in [6, 6.07) is 0. The van der Waals surface area contributed by atoms with Crippen LogP contribution in [-0.2, 0) is 4.79 Å². The van der Waals surface area contributed by atoms with Crippen LogP contribution in [0.15, 0.2) is 0 Å². The molecule has 0 aromatic heterocycles. The van der Waals surface area contributed by atoms with E-state index in [2.05, 4.69) is 20.8 Å². The Morgan fingerprint density at radius 3 is 0.581 bits per heavy atom. The molecule has 0 unspecified atom stereocenters. The summed E-state index contributed by atoms with van der Waals surface area (Å²) in [5.41, 5.74) is 0. The van der Waals surface area contributed by atoms with Gasteiger partial charge in [-0.1, -0.05) is 290 Å². The molecular formula is C55H116O7. The maximum Gasteiger partial charge on any atom is 0.303 e. The minimum absolute atomic E-state index is 0.345. The highest BCUT2D eigenvalue weighted by atomic mass is 16.4. The van der Waals surface area contributed by atoms with Gasteiger partial charge >= 0.3 is 5.97 Å². The van der Waals surface area contributed by atoms with Crippen LogP contribution in [0.25, 0.3) is 0 Å². The van der Waals surface area contributed by atoms with Crippen molar-refractivity contribution in [1.82, 2.24) is 0 Å². The van der Waals surface area contributed by atoms with Crippen molar-refractivity contribution in [2.24, 2.45) is 0 Å². The first-order valence-corrected chi connectivity index (χ1v) is 27.7. The fourth-order valence-corrected chi connectivity index (χ4v) is 7.67. The number of carboxylic acids is 1. The minimum atomic E-state index is -0.954. The number of hydrogen-bond donors (Lipinski definition) is 6. The smallest absolute Gasteiger partial charge is 0.303 e. The van der Waals surface area contributed by atoms with Crippen LogP contribution >= 0.6 is 0 Å². The van der Waals surface area contributed by atoms with Gasteiger partial charge in [-0.2, -0.15) is 0 Å². The zero-order valence-corrected chi connectivity index (χ0v) is 42.5. The van der Waals surface area contributed by atoms with Crippen LogP contribution in [0.2, 0.25) is 0 Å². The van der Waals surface area contributed by atoms with Crippen LogP contribution in [0.4, 0.5) is 0 Å². The largest absolute Gasteiger partial charge is 0.481 e. The third-order valence-electron chi connectivity index (χ3n) is 11.9. The highest BCUT2D eigenvalue weighted by molar-refractivity contribution is 5.66. The van der Waals surface area contributed by atoms with Gasteiger partial charge in [0.05, 0.1) is 13.2 Å². The van der Waals surface area contributed by atoms with Gasteiger partial charge in [0.1, 0.15) is 6.10 Å². The van der Waals surface area contributed by atoms with Crippen molar-refractivity contribution in [3.8, 4) is 0 Å². The molecule has 6 N–H and O–H groups in total. The Morgan fingerprint density at radius 2 is 0.452 bits per heavy atom. The van der Waals surface area contributed by atoms with Gasteiger partial charge in [0.15, 0.2) is 0 Å². The number of hydrogen-bond acceptors (Lipinski definition) is 6. The molecule has 0 aromatic rings. The molecule has 0 spiro atoms. The second-order valence-corrected chi connectivity index (χ2v) is 18.5. The maximum atomic E-state index is 10.3. The van der Waals surface area contributed by atoms with E-state index in [1.54, 1.807) is 0 Å². The first-order chi connectivity index (χ1) is 30.4. The van der Waals surface area contributed by atoms with Gasteiger partial charge in [-0.25, -0.2) is 0 Å². The number of rotatable bonds is 48. The molecule has 0 aliphatic heterocycles. The molecule has 0 rings (SSSR count). The third kappa shape index (κ3) is 79.6. The molecule has 0 fully saturated rings. The summed E-state index contributed by atoms with van der Waals surface area (Å²) in [6.45, 7) is 6.85. The minimum Gasteiger partial charge on any atom is -0.481 e. The fraction of sp³-hybridized carbons (Fsp3) is 0.982. The van der Waals surface area contributed by atoms with Gasteiger partial charge in [-0.3, -0.25) is 4.79 Å².